The molecule has 0 amide bonds. The molecule has 7 heteroatoms. The molecule has 0 saturated heterocycles. The predicted octanol–water partition coefficient (Wildman–Crippen LogP) is 3.08. The summed E-state index contributed by atoms with van der Waals surface area (Å²) in [6, 6.07) is 15.2. The summed E-state index contributed by atoms with van der Waals surface area (Å²) in [6.45, 7) is 2.34. The molecule has 0 aromatic heterocycles. The smallest absolute Gasteiger partial charge is 0.193 e. The van der Waals surface area contributed by atoms with Crippen LogP contribution in [0.4, 0.5) is 5.69 Å². The molecule has 0 aliphatic rings. The average Bonchev–Trinajstić information content (AvgIpc) is 2.47. The second kappa shape index (κ2) is 9.03. The lowest BCUT2D eigenvalue weighted by molar-refractivity contribution is 0.601. The van der Waals surface area contributed by atoms with Gasteiger partial charge in [-0.3, -0.25) is 0 Å². The maximum absolute atomic E-state index is 11.5. The molecule has 2 aromatic rings. The van der Waals surface area contributed by atoms with Crippen LogP contribution in [0.3, 0.4) is 0 Å². The summed E-state index contributed by atoms with van der Waals surface area (Å²) in [7, 11) is -3.09. The molecule has 0 saturated carbocycles. The van der Waals surface area contributed by atoms with Gasteiger partial charge in [0, 0.05) is 11.9 Å². The summed E-state index contributed by atoms with van der Waals surface area (Å²) < 4.78 is 23.0. The highest BCUT2D eigenvalue weighted by Crippen LogP contribution is 2.14. The summed E-state index contributed by atoms with van der Waals surface area (Å²) in [6.07, 6.45) is 1.22. The Balaban J connectivity index is 0.00000288. The van der Waals surface area contributed by atoms with E-state index < -0.39 is 9.84 Å². The molecule has 130 valence electrons. The van der Waals surface area contributed by atoms with Gasteiger partial charge in [-0.2, -0.15) is 0 Å². The molecule has 0 aliphatic heterocycles. The number of halogens is 1. The van der Waals surface area contributed by atoms with Gasteiger partial charge in [-0.05, 0) is 30.2 Å². The molecule has 24 heavy (non-hydrogen) atoms. The second-order valence-electron chi connectivity index (χ2n) is 5.53. The molecule has 0 bridgehead atoms. The van der Waals surface area contributed by atoms with Gasteiger partial charge in [0.1, 0.15) is 0 Å². The van der Waals surface area contributed by atoms with Crippen LogP contribution in [0.2, 0.25) is 0 Å². The first-order valence-electron chi connectivity index (χ1n) is 7.21. The topological polar surface area (TPSA) is 84.5 Å². The number of nitrogens with two attached hydrogens (primary N) is 1. The highest BCUT2D eigenvalue weighted by molar-refractivity contribution is 14.0. The first-order valence-corrected chi connectivity index (χ1v) is 9.28. The lowest BCUT2D eigenvalue weighted by Gasteiger charge is -2.08. The van der Waals surface area contributed by atoms with Crippen LogP contribution in [-0.4, -0.2) is 20.6 Å². The maximum atomic E-state index is 11.5. The van der Waals surface area contributed by atoms with Gasteiger partial charge in [-0.1, -0.05) is 42.0 Å². The number of rotatable bonds is 5. The van der Waals surface area contributed by atoms with Crippen molar-refractivity contribution in [2.75, 3.05) is 11.6 Å². The van der Waals surface area contributed by atoms with E-state index in [1.54, 1.807) is 6.07 Å². The fraction of sp³-hybridized carbons (Fsp3) is 0.235. The van der Waals surface area contributed by atoms with Crippen LogP contribution in [0, 0.1) is 6.92 Å². The first-order chi connectivity index (χ1) is 10.8. The maximum Gasteiger partial charge on any atom is 0.193 e. The minimum Gasteiger partial charge on any atom is -0.370 e. The molecule has 0 aliphatic carbocycles. The van der Waals surface area contributed by atoms with Crippen molar-refractivity contribution in [3.63, 3.8) is 0 Å². The number of nitrogens with one attached hydrogen (secondary N) is 1. The summed E-state index contributed by atoms with van der Waals surface area (Å²) in [5, 5.41) is 3.02. The Morgan fingerprint density at radius 3 is 2.25 bits per heavy atom. The second-order valence-corrected chi connectivity index (χ2v) is 7.67. The van der Waals surface area contributed by atoms with Gasteiger partial charge in [-0.25, -0.2) is 13.4 Å². The van der Waals surface area contributed by atoms with E-state index in [4.69, 9.17) is 5.73 Å². The van der Waals surface area contributed by atoms with Crippen LogP contribution in [0.25, 0.3) is 0 Å². The number of guanidine groups is 1. The minimum absolute atomic E-state index is 0. The first kappa shape index (κ1) is 20.4. The van der Waals surface area contributed by atoms with Crippen molar-refractivity contribution in [3.05, 3.63) is 65.2 Å². The SMILES string of the molecule is Cc1ccc(NC(N)=NCc2ccccc2CS(C)(=O)=O)cc1.I. The highest BCUT2D eigenvalue weighted by Gasteiger charge is 2.08. The zero-order valence-corrected chi connectivity index (χ0v) is 16.8. The standard InChI is InChI=1S/C17H21N3O2S.HI/c1-13-7-9-16(10-8-13)20-17(18)19-11-14-5-3-4-6-15(14)12-23(2,21)22;/h3-10H,11-12H2,1-2H3,(H3,18,19,20);1H. The number of benzene rings is 2. The molecular weight excluding hydrogens is 437 g/mol. The normalized spacial score (nSPS) is 11.7. The van der Waals surface area contributed by atoms with Crippen molar-refractivity contribution >= 4 is 45.5 Å². The largest absolute Gasteiger partial charge is 0.370 e. The van der Waals surface area contributed by atoms with Crippen molar-refractivity contribution in [2.24, 2.45) is 10.7 Å². The van der Waals surface area contributed by atoms with Crippen LogP contribution in [0.15, 0.2) is 53.5 Å². The molecule has 5 nitrogen and oxygen atoms in total. The third-order valence-corrected chi connectivity index (χ3v) is 4.12. The summed E-state index contributed by atoms with van der Waals surface area (Å²) in [5.41, 5.74) is 9.52. The molecule has 0 unspecified atom stereocenters. The molecule has 0 fully saturated rings. The van der Waals surface area contributed by atoms with E-state index in [1.165, 1.54) is 11.8 Å². The molecule has 3 N–H and O–H groups in total. The van der Waals surface area contributed by atoms with Gasteiger partial charge in [0.15, 0.2) is 15.8 Å². The van der Waals surface area contributed by atoms with E-state index in [0.717, 1.165) is 16.8 Å². The molecule has 0 heterocycles. The summed E-state index contributed by atoms with van der Waals surface area (Å²) in [5.74, 6) is 0.298. The van der Waals surface area contributed by atoms with Crippen LogP contribution >= 0.6 is 24.0 Å². The quantitative estimate of drug-likeness (QED) is 0.409. The lowest BCUT2D eigenvalue weighted by atomic mass is 10.1. The van der Waals surface area contributed by atoms with Gasteiger partial charge in [0.05, 0.1) is 12.3 Å². The number of aliphatic imine (C=N–C) groups is 1. The van der Waals surface area contributed by atoms with Crippen LogP contribution in [0.5, 0.6) is 0 Å². The predicted molar refractivity (Wildman–Crippen MR) is 111 cm³/mol. The van der Waals surface area contributed by atoms with E-state index in [9.17, 15) is 8.42 Å². The Kier molecular flexibility index (Phi) is 7.68. The number of hydrogen-bond acceptors (Lipinski definition) is 3. The van der Waals surface area contributed by atoms with E-state index in [-0.39, 0.29) is 29.7 Å². The fourth-order valence-electron chi connectivity index (χ4n) is 2.13. The lowest BCUT2D eigenvalue weighted by Crippen LogP contribution is -2.22. The molecule has 0 radical (unpaired) electrons. The number of anilines is 1. The number of sulfone groups is 1. The van der Waals surface area contributed by atoms with Gasteiger partial charge in [-0.15, -0.1) is 24.0 Å². The Bertz CT molecular complexity index is 803. The van der Waals surface area contributed by atoms with Crippen molar-refractivity contribution in [1.29, 1.82) is 0 Å². The summed E-state index contributed by atoms with van der Waals surface area (Å²) >= 11 is 0. The Hall–Kier alpha value is -1.61. The number of hydrogen-bond donors (Lipinski definition) is 2. The number of aryl methyl sites for hydroxylation is 1. The Morgan fingerprint density at radius 2 is 1.67 bits per heavy atom. The Labute approximate surface area is 160 Å². The van der Waals surface area contributed by atoms with Crippen molar-refractivity contribution < 1.29 is 8.42 Å². The van der Waals surface area contributed by atoms with Crippen LogP contribution in [-0.2, 0) is 22.1 Å². The molecule has 2 rings (SSSR count). The minimum atomic E-state index is -3.09. The fourth-order valence-corrected chi connectivity index (χ4v) is 2.98. The third-order valence-electron chi connectivity index (χ3n) is 3.28. The summed E-state index contributed by atoms with van der Waals surface area (Å²) in [4.78, 5) is 4.29. The zero-order valence-electron chi connectivity index (χ0n) is 13.7. The van der Waals surface area contributed by atoms with E-state index in [0.29, 0.717) is 12.5 Å². The number of nitrogens with zero attached hydrogens (tertiary/aromatic N) is 1. The van der Waals surface area contributed by atoms with Gasteiger partial charge in [0.25, 0.3) is 0 Å². The Morgan fingerprint density at radius 1 is 1.08 bits per heavy atom. The molecular formula is C17H22IN3O2S. The van der Waals surface area contributed by atoms with E-state index in [2.05, 4.69) is 10.3 Å². The zero-order chi connectivity index (χ0) is 16.9. The molecule has 0 spiro atoms. The third kappa shape index (κ3) is 6.88. The van der Waals surface area contributed by atoms with Gasteiger partial charge >= 0.3 is 0 Å². The van der Waals surface area contributed by atoms with Crippen molar-refractivity contribution in [1.82, 2.24) is 0 Å². The van der Waals surface area contributed by atoms with E-state index >= 15 is 0 Å². The average molecular weight is 459 g/mol. The van der Waals surface area contributed by atoms with E-state index in [1.807, 2.05) is 49.4 Å². The molecule has 2 aromatic carbocycles. The van der Waals surface area contributed by atoms with Gasteiger partial charge in [0.2, 0.25) is 0 Å². The highest BCUT2D eigenvalue weighted by atomic mass is 127. The van der Waals surface area contributed by atoms with Crippen LogP contribution in [0.1, 0.15) is 16.7 Å². The van der Waals surface area contributed by atoms with Crippen molar-refractivity contribution in [3.8, 4) is 0 Å². The molecule has 0 atom stereocenters. The van der Waals surface area contributed by atoms with Crippen LogP contribution < -0.4 is 11.1 Å². The van der Waals surface area contributed by atoms with Gasteiger partial charge < -0.3 is 11.1 Å². The monoisotopic (exact) mass is 459 g/mol. The van der Waals surface area contributed by atoms with Crippen molar-refractivity contribution in [2.45, 2.75) is 19.2 Å².